The highest BCUT2D eigenvalue weighted by Crippen LogP contribution is 2.37. The van der Waals surface area contributed by atoms with E-state index in [0.29, 0.717) is 22.8 Å². The maximum absolute atomic E-state index is 12.7. The lowest BCUT2D eigenvalue weighted by molar-refractivity contribution is 0.0916. The summed E-state index contributed by atoms with van der Waals surface area (Å²) < 4.78 is 18.5. The fraction of sp³-hybridized carbons (Fsp3) is 0.450. The van der Waals surface area contributed by atoms with Crippen LogP contribution in [0, 0.1) is 13.8 Å². The molecule has 0 aliphatic rings. The normalized spacial score (nSPS) is 11.3. The minimum absolute atomic E-state index is 0.0726. The molecule has 1 aromatic heterocycles. The van der Waals surface area contributed by atoms with E-state index in [0.717, 1.165) is 11.4 Å². The first-order valence-corrected chi connectivity index (χ1v) is 8.27. The standard InChI is InChI=1S/C20H27NO4/c1-13-11-15(14(2)21(13)20(3,4)5)16(22)12-25-19-17(23-6)9-8-10-18(19)24-7/h8-11H,12H2,1-7H3. The zero-order valence-electron chi connectivity index (χ0n) is 16.1. The average molecular weight is 345 g/mol. The Bertz CT molecular complexity index is 746. The molecule has 0 fully saturated rings. The Kier molecular flexibility index (Phi) is 5.45. The third-order valence-electron chi connectivity index (χ3n) is 4.13. The number of ketones is 1. The first-order valence-electron chi connectivity index (χ1n) is 8.27. The topological polar surface area (TPSA) is 49.7 Å². The molecular weight excluding hydrogens is 318 g/mol. The number of carbonyl (C=O) groups excluding carboxylic acids is 1. The molecule has 2 aromatic rings. The van der Waals surface area contributed by atoms with Gasteiger partial charge in [0, 0.05) is 22.5 Å². The van der Waals surface area contributed by atoms with E-state index in [1.54, 1.807) is 26.4 Å². The minimum atomic E-state index is -0.0839. The van der Waals surface area contributed by atoms with Crippen LogP contribution in [-0.4, -0.2) is 31.2 Å². The number of carbonyl (C=O) groups is 1. The number of para-hydroxylation sites is 1. The monoisotopic (exact) mass is 345 g/mol. The zero-order chi connectivity index (χ0) is 18.8. The van der Waals surface area contributed by atoms with Crippen LogP contribution < -0.4 is 14.2 Å². The molecule has 0 aliphatic carbocycles. The Labute approximate surface area is 149 Å². The number of aryl methyl sites for hydroxylation is 1. The summed E-state index contributed by atoms with van der Waals surface area (Å²) in [6.07, 6.45) is 0. The van der Waals surface area contributed by atoms with Gasteiger partial charge in [-0.3, -0.25) is 4.79 Å². The Morgan fingerprint density at radius 2 is 1.64 bits per heavy atom. The minimum Gasteiger partial charge on any atom is -0.493 e. The maximum Gasteiger partial charge on any atom is 0.203 e. The summed E-state index contributed by atoms with van der Waals surface area (Å²) in [5, 5.41) is 0. The number of hydrogen-bond donors (Lipinski definition) is 0. The molecule has 0 N–H and O–H groups in total. The third kappa shape index (κ3) is 3.81. The molecule has 0 radical (unpaired) electrons. The number of Topliss-reactive ketones (excluding diaryl/α,β-unsaturated/α-hetero) is 1. The van der Waals surface area contributed by atoms with E-state index in [-0.39, 0.29) is 17.9 Å². The first-order chi connectivity index (χ1) is 11.7. The maximum atomic E-state index is 12.7. The highest BCUT2D eigenvalue weighted by molar-refractivity contribution is 5.98. The molecule has 25 heavy (non-hydrogen) atoms. The van der Waals surface area contributed by atoms with Crippen LogP contribution in [0.4, 0.5) is 0 Å². The second-order valence-corrected chi connectivity index (χ2v) is 6.99. The van der Waals surface area contributed by atoms with E-state index in [9.17, 15) is 4.79 Å². The smallest absolute Gasteiger partial charge is 0.203 e. The fourth-order valence-corrected chi connectivity index (χ4v) is 3.25. The van der Waals surface area contributed by atoms with Crippen molar-refractivity contribution in [2.75, 3.05) is 20.8 Å². The summed E-state index contributed by atoms with van der Waals surface area (Å²) in [6.45, 7) is 10.3. The average Bonchev–Trinajstić information content (AvgIpc) is 2.86. The van der Waals surface area contributed by atoms with Crippen molar-refractivity contribution in [1.82, 2.24) is 4.57 Å². The van der Waals surface area contributed by atoms with Gasteiger partial charge in [-0.25, -0.2) is 0 Å². The number of nitrogens with zero attached hydrogens (tertiary/aromatic N) is 1. The molecule has 0 bridgehead atoms. The van der Waals surface area contributed by atoms with Gasteiger partial charge in [-0.2, -0.15) is 0 Å². The second-order valence-electron chi connectivity index (χ2n) is 6.99. The van der Waals surface area contributed by atoms with Crippen LogP contribution in [0.15, 0.2) is 24.3 Å². The lowest BCUT2D eigenvalue weighted by Crippen LogP contribution is -2.24. The number of rotatable bonds is 6. The molecule has 0 atom stereocenters. The second kappa shape index (κ2) is 7.21. The predicted octanol–water partition coefficient (Wildman–Crippen LogP) is 4.14. The molecule has 0 aliphatic heterocycles. The predicted molar refractivity (Wildman–Crippen MR) is 98.3 cm³/mol. The van der Waals surface area contributed by atoms with Gasteiger partial charge >= 0.3 is 0 Å². The highest BCUT2D eigenvalue weighted by Gasteiger charge is 2.23. The van der Waals surface area contributed by atoms with E-state index in [1.807, 2.05) is 26.0 Å². The Morgan fingerprint density at radius 1 is 1.08 bits per heavy atom. The van der Waals surface area contributed by atoms with Crippen molar-refractivity contribution in [2.45, 2.75) is 40.2 Å². The first kappa shape index (κ1) is 18.9. The van der Waals surface area contributed by atoms with Crippen LogP contribution in [0.5, 0.6) is 17.2 Å². The van der Waals surface area contributed by atoms with Gasteiger partial charge in [0.2, 0.25) is 11.5 Å². The van der Waals surface area contributed by atoms with Crippen molar-refractivity contribution in [3.05, 3.63) is 41.2 Å². The summed E-state index contributed by atoms with van der Waals surface area (Å²) >= 11 is 0. The van der Waals surface area contributed by atoms with Gasteiger partial charge in [0.1, 0.15) is 0 Å². The van der Waals surface area contributed by atoms with Crippen LogP contribution in [0.3, 0.4) is 0 Å². The van der Waals surface area contributed by atoms with Crippen molar-refractivity contribution in [3.8, 4) is 17.2 Å². The van der Waals surface area contributed by atoms with E-state index < -0.39 is 0 Å². The van der Waals surface area contributed by atoms with Gasteiger partial charge < -0.3 is 18.8 Å². The number of methoxy groups -OCH3 is 2. The molecule has 0 saturated heterocycles. The van der Waals surface area contributed by atoms with Crippen LogP contribution in [0.2, 0.25) is 0 Å². The van der Waals surface area contributed by atoms with Crippen molar-refractivity contribution >= 4 is 5.78 Å². The lowest BCUT2D eigenvalue weighted by Gasteiger charge is -2.25. The van der Waals surface area contributed by atoms with Gasteiger partial charge in [0.15, 0.2) is 18.1 Å². The summed E-state index contributed by atoms with van der Waals surface area (Å²) in [7, 11) is 3.11. The van der Waals surface area contributed by atoms with Gasteiger partial charge in [-0.05, 0) is 52.8 Å². The summed E-state index contributed by atoms with van der Waals surface area (Å²) in [6, 6.07) is 7.27. The SMILES string of the molecule is COc1cccc(OC)c1OCC(=O)c1cc(C)n(C(C)(C)C)c1C. The van der Waals surface area contributed by atoms with Crippen molar-refractivity contribution in [2.24, 2.45) is 0 Å². The van der Waals surface area contributed by atoms with Gasteiger partial charge in [-0.15, -0.1) is 0 Å². The van der Waals surface area contributed by atoms with Gasteiger partial charge in [-0.1, -0.05) is 6.07 Å². The molecular formula is C20H27NO4. The van der Waals surface area contributed by atoms with E-state index in [4.69, 9.17) is 14.2 Å². The molecule has 0 saturated carbocycles. The summed E-state index contributed by atoms with van der Waals surface area (Å²) in [4.78, 5) is 12.7. The number of hydrogen-bond acceptors (Lipinski definition) is 4. The fourth-order valence-electron chi connectivity index (χ4n) is 3.25. The molecule has 1 aromatic carbocycles. The lowest BCUT2D eigenvalue weighted by atomic mass is 10.1. The molecule has 0 amide bonds. The molecule has 136 valence electrons. The van der Waals surface area contributed by atoms with Gasteiger partial charge in [0.25, 0.3) is 0 Å². The molecule has 2 rings (SSSR count). The molecule has 1 heterocycles. The highest BCUT2D eigenvalue weighted by atomic mass is 16.5. The van der Waals surface area contributed by atoms with Crippen LogP contribution in [0.25, 0.3) is 0 Å². The Hall–Kier alpha value is -2.43. The molecule has 0 unspecified atom stereocenters. The summed E-state index contributed by atoms with van der Waals surface area (Å²) in [5.74, 6) is 1.43. The Balaban J connectivity index is 2.26. The third-order valence-corrected chi connectivity index (χ3v) is 4.13. The van der Waals surface area contributed by atoms with Crippen LogP contribution in [-0.2, 0) is 5.54 Å². The summed E-state index contributed by atoms with van der Waals surface area (Å²) in [5.41, 5.74) is 2.61. The molecule has 0 spiro atoms. The number of aromatic nitrogens is 1. The van der Waals surface area contributed by atoms with Crippen molar-refractivity contribution < 1.29 is 19.0 Å². The zero-order valence-corrected chi connectivity index (χ0v) is 16.1. The molecule has 5 nitrogen and oxygen atoms in total. The van der Waals surface area contributed by atoms with E-state index in [1.165, 1.54) is 0 Å². The number of ether oxygens (including phenoxy) is 3. The van der Waals surface area contributed by atoms with Crippen LogP contribution >= 0.6 is 0 Å². The number of benzene rings is 1. The van der Waals surface area contributed by atoms with E-state index in [2.05, 4.69) is 25.3 Å². The Morgan fingerprint density at radius 3 is 2.08 bits per heavy atom. The largest absolute Gasteiger partial charge is 0.493 e. The van der Waals surface area contributed by atoms with Crippen molar-refractivity contribution in [3.63, 3.8) is 0 Å². The molecule has 5 heteroatoms. The quantitative estimate of drug-likeness (QED) is 0.738. The van der Waals surface area contributed by atoms with Crippen molar-refractivity contribution in [1.29, 1.82) is 0 Å². The van der Waals surface area contributed by atoms with Gasteiger partial charge in [0.05, 0.1) is 14.2 Å². The van der Waals surface area contributed by atoms with E-state index >= 15 is 0 Å². The van der Waals surface area contributed by atoms with Crippen LogP contribution in [0.1, 0.15) is 42.5 Å².